The number of hydrogen-bond acceptors (Lipinski definition) is 6. The van der Waals surface area contributed by atoms with Crippen molar-refractivity contribution in [3.63, 3.8) is 0 Å². The van der Waals surface area contributed by atoms with E-state index in [0.29, 0.717) is 5.91 Å². The molecule has 0 bridgehead atoms. The summed E-state index contributed by atoms with van der Waals surface area (Å²) in [5.74, 6) is 2.47. The monoisotopic (exact) mass is 345 g/mol. The molecular formula is C18H27N5O2. The number of nitrogens with zero attached hydrogens (tertiary/aromatic N) is 5. The number of hydrogen-bond donors (Lipinski definition) is 0. The molecular weight excluding hydrogens is 318 g/mol. The smallest absolute Gasteiger partial charge is 0.225 e. The minimum atomic E-state index is 0.154. The van der Waals surface area contributed by atoms with Crippen LogP contribution in [0.4, 0.5) is 11.6 Å². The third-order valence-electron chi connectivity index (χ3n) is 5.55. The quantitative estimate of drug-likeness (QED) is 0.819. The van der Waals surface area contributed by atoms with Crippen LogP contribution in [0, 0.1) is 5.92 Å². The van der Waals surface area contributed by atoms with Gasteiger partial charge >= 0.3 is 0 Å². The summed E-state index contributed by atoms with van der Waals surface area (Å²) in [6, 6.07) is 2.10. The van der Waals surface area contributed by atoms with Gasteiger partial charge in [-0.25, -0.2) is 9.97 Å². The van der Waals surface area contributed by atoms with Crippen LogP contribution in [0.25, 0.3) is 0 Å². The number of ether oxygens (including phenoxy) is 1. The Kier molecular flexibility index (Phi) is 5.01. The van der Waals surface area contributed by atoms with Gasteiger partial charge in [0.1, 0.15) is 18.0 Å². The predicted octanol–water partition coefficient (Wildman–Crippen LogP) is 1.15. The van der Waals surface area contributed by atoms with E-state index in [1.807, 2.05) is 4.90 Å². The number of aromatic nitrogens is 2. The van der Waals surface area contributed by atoms with Gasteiger partial charge < -0.3 is 19.4 Å². The molecule has 4 rings (SSSR count). The second-order valence-electron chi connectivity index (χ2n) is 7.13. The fourth-order valence-corrected chi connectivity index (χ4v) is 3.99. The second-order valence-corrected chi connectivity index (χ2v) is 7.13. The second kappa shape index (κ2) is 7.56. The van der Waals surface area contributed by atoms with Gasteiger partial charge in [-0.3, -0.25) is 4.79 Å². The van der Waals surface area contributed by atoms with Gasteiger partial charge in [-0.15, -0.1) is 0 Å². The van der Waals surface area contributed by atoms with Crippen molar-refractivity contribution in [3.8, 4) is 0 Å². The molecule has 0 unspecified atom stereocenters. The van der Waals surface area contributed by atoms with E-state index in [1.54, 1.807) is 6.33 Å². The van der Waals surface area contributed by atoms with Gasteiger partial charge in [0.2, 0.25) is 5.91 Å². The number of carbonyl (C=O) groups is 1. The third kappa shape index (κ3) is 3.71. The van der Waals surface area contributed by atoms with Crippen LogP contribution in [0.2, 0.25) is 0 Å². The Hall–Kier alpha value is -1.89. The first-order valence-corrected chi connectivity index (χ1v) is 9.50. The molecule has 0 aliphatic carbocycles. The molecule has 3 fully saturated rings. The topological polar surface area (TPSA) is 61.8 Å². The van der Waals surface area contributed by atoms with Crippen molar-refractivity contribution in [2.45, 2.75) is 25.7 Å². The van der Waals surface area contributed by atoms with Crippen LogP contribution in [-0.4, -0.2) is 73.3 Å². The van der Waals surface area contributed by atoms with E-state index in [4.69, 9.17) is 4.74 Å². The lowest BCUT2D eigenvalue weighted by molar-refractivity contribution is -0.138. The Balaban J connectivity index is 1.35. The number of piperazine rings is 1. The van der Waals surface area contributed by atoms with E-state index >= 15 is 0 Å². The van der Waals surface area contributed by atoms with Gasteiger partial charge in [-0.1, -0.05) is 0 Å². The van der Waals surface area contributed by atoms with Crippen molar-refractivity contribution in [2.75, 3.05) is 62.3 Å². The molecule has 25 heavy (non-hydrogen) atoms. The van der Waals surface area contributed by atoms with Crippen molar-refractivity contribution in [3.05, 3.63) is 12.4 Å². The molecule has 1 amide bonds. The highest BCUT2D eigenvalue weighted by atomic mass is 16.5. The van der Waals surface area contributed by atoms with Crippen LogP contribution in [0.5, 0.6) is 0 Å². The van der Waals surface area contributed by atoms with Crippen LogP contribution in [-0.2, 0) is 9.53 Å². The Morgan fingerprint density at radius 1 is 0.920 bits per heavy atom. The lowest BCUT2D eigenvalue weighted by Gasteiger charge is -2.37. The lowest BCUT2D eigenvalue weighted by Crippen LogP contribution is -2.51. The van der Waals surface area contributed by atoms with Crippen LogP contribution < -0.4 is 9.80 Å². The van der Waals surface area contributed by atoms with E-state index in [9.17, 15) is 4.79 Å². The molecule has 3 aliphatic rings. The molecule has 1 aromatic heterocycles. The summed E-state index contributed by atoms with van der Waals surface area (Å²) in [6.07, 6.45) is 5.88. The summed E-state index contributed by atoms with van der Waals surface area (Å²) in [7, 11) is 0. The summed E-state index contributed by atoms with van der Waals surface area (Å²) in [6.45, 7) is 6.84. The van der Waals surface area contributed by atoms with Crippen LogP contribution in [0.15, 0.2) is 12.4 Å². The van der Waals surface area contributed by atoms with Crippen molar-refractivity contribution in [1.29, 1.82) is 0 Å². The highest BCUT2D eigenvalue weighted by molar-refractivity contribution is 5.79. The Bertz CT molecular complexity index is 591. The first-order chi connectivity index (χ1) is 12.3. The molecule has 0 N–H and O–H groups in total. The first kappa shape index (κ1) is 16.6. The fourth-order valence-electron chi connectivity index (χ4n) is 3.99. The standard InChI is InChI=1S/C18H27N5O2/c24-18(15-3-11-25-12-4-15)23-9-7-22(8-10-23)17-13-16(19-14-20-17)21-5-1-2-6-21/h13-15H,1-12H2. The summed E-state index contributed by atoms with van der Waals surface area (Å²) in [4.78, 5) is 28.2. The molecule has 7 heteroatoms. The van der Waals surface area contributed by atoms with Crippen LogP contribution in [0.3, 0.4) is 0 Å². The molecule has 0 aromatic carbocycles. The molecule has 3 saturated heterocycles. The lowest BCUT2D eigenvalue weighted by atomic mass is 9.98. The van der Waals surface area contributed by atoms with Crippen molar-refractivity contribution in [1.82, 2.24) is 14.9 Å². The average Bonchev–Trinajstić information content (AvgIpc) is 3.23. The van der Waals surface area contributed by atoms with Crippen LogP contribution in [0.1, 0.15) is 25.7 Å². The van der Waals surface area contributed by atoms with E-state index in [2.05, 4.69) is 25.8 Å². The molecule has 136 valence electrons. The molecule has 0 radical (unpaired) electrons. The summed E-state index contributed by atoms with van der Waals surface area (Å²) >= 11 is 0. The zero-order valence-electron chi connectivity index (χ0n) is 14.8. The Morgan fingerprint density at radius 2 is 1.52 bits per heavy atom. The maximum Gasteiger partial charge on any atom is 0.225 e. The summed E-state index contributed by atoms with van der Waals surface area (Å²) < 4.78 is 5.37. The van der Waals surface area contributed by atoms with Gasteiger partial charge in [0.15, 0.2) is 0 Å². The minimum Gasteiger partial charge on any atom is -0.381 e. The van der Waals surface area contributed by atoms with Crippen molar-refractivity contribution >= 4 is 17.5 Å². The van der Waals surface area contributed by atoms with Crippen LogP contribution >= 0.6 is 0 Å². The third-order valence-corrected chi connectivity index (χ3v) is 5.55. The number of amides is 1. The first-order valence-electron chi connectivity index (χ1n) is 9.50. The molecule has 3 aliphatic heterocycles. The van der Waals surface area contributed by atoms with E-state index < -0.39 is 0 Å². The molecule has 0 saturated carbocycles. The summed E-state index contributed by atoms with van der Waals surface area (Å²) in [5, 5.41) is 0. The van der Waals surface area contributed by atoms with Gasteiger partial charge in [0.25, 0.3) is 0 Å². The van der Waals surface area contributed by atoms with E-state index in [-0.39, 0.29) is 5.92 Å². The zero-order valence-corrected chi connectivity index (χ0v) is 14.8. The van der Waals surface area contributed by atoms with Gasteiger partial charge in [-0.2, -0.15) is 0 Å². The largest absolute Gasteiger partial charge is 0.381 e. The van der Waals surface area contributed by atoms with Crippen molar-refractivity contribution in [2.24, 2.45) is 5.92 Å². The maximum atomic E-state index is 12.6. The SMILES string of the molecule is O=C(C1CCOCC1)N1CCN(c2cc(N3CCCC3)ncn2)CC1. The normalized spacial score (nSPS) is 22.5. The van der Waals surface area contributed by atoms with Gasteiger partial charge in [-0.05, 0) is 25.7 Å². The highest BCUT2D eigenvalue weighted by Crippen LogP contribution is 2.23. The number of rotatable bonds is 3. The Morgan fingerprint density at radius 3 is 2.16 bits per heavy atom. The van der Waals surface area contributed by atoms with E-state index in [0.717, 1.165) is 77.0 Å². The average molecular weight is 345 g/mol. The number of anilines is 2. The molecule has 0 spiro atoms. The van der Waals surface area contributed by atoms with E-state index in [1.165, 1.54) is 12.8 Å². The predicted molar refractivity (Wildman–Crippen MR) is 95.8 cm³/mol. The fraction of sp³-hybridized carbons (Fsp3) is 0.722. The van der Waals surface area contributed by atoms with Gasteiger partial charge in [0, 0.05) is 64.5 Å². The minimum absolute atomic E-state index is 0.154. The molecule has 0 atom stereocenters. The zero-order chi connectivity index (χ0) is 17.1. The van der Waals surface area contributed by atoms with Gasteiger partial charge in [0.05, 0.1) is 0 Å². The highest BCUT2D eigenvalue weighted by Gasteiger charge is 2.29. The molecule has 4 heterocycles. The summed E-state index contributed by atoms with van der Waals surface area (Å²) in [5.41, 5.74) is 0. The maximum absolute atomic E-state index is 12.6. The molecule has 7 nitrogen and oxygen atoms in total. The molecule has 1 aromatic rings. The number of carbonyl (C=O) groups excluding carboxylic acids is 1. The Labute approximate surface area is 149 Å². The van der Waals surface area contributed by atoms with Crippen molar-refractivity contribution < 1.29 is 9.53 Å².